The molecule has 0 saturated heterocycles. The first-order valence-electron chi connectivity index (χ1n) is 8.84. The van der Waals surface area contributed by atoms with Gasteiger partial charge in [-0.25, -0.2) is 4.98 Å². The number of anilines is 3. The van der Waals surface area contributed by atoms with Gasteiger partial charge in [-0.2, -0.15) is 26.9 Å². The molecule has 1 aliphatic rings. The van der Waals surface area contributed by atoms with Crippen molar-refractivity contribution in [3.05, 3.63) is 36.0 Å². The number of alkyl halides is 5. The highest BCUT2D eigenvalue weighted by atomic mass is 19.4. The van der Waals surface area contributed by atoms with E-state index in [-0.39, 0.29) is 23.6 Å². The molecule has 0 aliphatic heterocycles. The number of benzene rings is 1. The molecule has 0 atom stereocenters. The van der Waals surface area contributed by atoms with Gasteiger partial charge in [-0.05, 0) is 37.1 Å². The van der Waals surface area contributed by atoms with Gasteiger partial charge in [-0.3, -0.25) is 0 Å². The summed E-state index contributed by atoms with van der Waals surface area (Å²) in [5, 5.41) is 5.73. The monoisotopic (exact) mass is 402 g/mol. The van der Waals surface area contributed by atoms with E-state index in [1.165, 1.54) is 24.3 Å². The molecule has 2 aromatic rings. The van der Waals surface area contributed by atoms with Gasteiger partial charge in [0.25, 0.3) is 0 Å². The molecule has 0 amide bonds. The fourth-order valence-electron chi connectivity index (χ4n) is 3.02. The molecule has 1 aliphatic carbocycles. The number of halogens is 5. The van der Waals surface area contributed by atoms with E-state index in [0.29, 0.717) is 5.69 Å². The first kappa shape index (κ1) is 20.1. The van der Waals surface area contributed by atoms with E-state index in [1.807, 2.05) is 0 Å². The van der Waals surface area contributed by atoms with Crippen LogP contribution in [-0.4, -0.2) is 22.6 Å². The molecule has 10 heteroatoms. The van der Waals surface area contributed by atoms with Crippen LogP contribution in [0.4, 0.5) is 39.4 Å². The third kappa shape index (κ3) is 5.67. The lowest BCUT2D eigenvalue weighted by Gasteiger charge is -2.23. The minimum Gasteiger partial charge on any atom is -0.435 e. The molecule has 0 radical (unpaired) electrons. The van der Waals surface area contributed by atoms with E-state index in [2.05, 4.69) is 25.3 Å². The fourth-order valence-corrected chi connectivity index (χ4v) is 3.02. The van der Waals surface area contributed by atoms with Crippen LogP contribution in [0.2, 0.25) is 0 Å². The lowest BCUT2D eigenvalue weighted by Crippen LogP contribution is -2.24. The molecule has 2 N–H and O–H groups in total. The maximum atomic E-state index is 13.2. The van der Waals surface area contributed by atoms with Gasteiger partial charge in [0.05, 0.1) is 0 Å². The highest BCUT2D eigenvalue weighted by molar-refractivity contribution is 5.58. The molecule has 1 heterocycles. The molecular weight excluding hydrogens is 383 g/mol. The molecule has 28 heavy (non-hydrogen) atoms. The molecule has 1 aromatic heterocycles. The molecule has 0 bridgehead atoms. The molecule has 0 spiro atoms. The Morgan fingerprint density at radius 3 is 2.29 bits per heavy atom. The Kier molecular flexibility index (Phi) is 6.15. The number of hydrogen-bond acceptors (Lipinski definition) is 5. The number of nitrogens with zero attached hydrogens (tertiary/aromatic N) is 2. The number of nitrogens with one attached hydrogen (secondary N) is 2. The minimum absolute atomic E-state index is 0.0378. The Balaban J connectivity index is 1.79. The first-order chi connectivity index (χ1) is 13.3. The third-order valence-electron chi connectivity index (χ3n) is 4.31. The van der Waals surface area contributed by atoms with E-state index < -0.39 is 18.5 Å². The summed E-state index contributed by atoms with van der Waals surface area (Å²) < 4.78 is 68.2. The second kappa shape index (κ2) is 8.57. The summed E-state index contributed by atoms with van der Waals surface area (Å²) in [7, 11) is 0. The predicted molar refractivity (Wildman–Crippen MR) is 93.9 cm³/mol. The van der Waals surface area contributed by atoms with Crippen molar-refractivity contribution in [1.82, 2.24) is 9.97 Å². The van der Waals surface area contributed by atoms with Crippen molar-refractivity contribution in [3.8, 4) is 5.75 Å². The third-order valence-corrected chi connectivity index (χ3v) is 4.31. The molecule has 1 saturated carbocycles. The van der Waals surface area contributed by atoms with Crippen molar-refractivity contribution in [2.45, 2.75) is 50.9 Å². The molecule has 5 nitrogen and oxygen atoms in total. The van der Waals surface area contributed by atoms with Crippen molar-refractivity contribution < 1.29 is 26.7 Å². The van der Waals surface area contributed by atoms with Gasteiger partial charge in [0.1, 0.15) is 11.6 Å². The van der Waals surface area contributed by atoms with Gasteiger partial charge in [0.2, 0.25) is 5.95 Å². The van der Waals surface area contributed by atoms with Crippen molar-refractivity contribution >= 4 is 17.5 Å². The fraction of sp³-hybridized carbons (Fsp3) is 0.444. The van der Waals surface area contributed by atoms with E-state index in [9.17, 15) is 22.0 Å². The number of aromatic nitrogens is 2. The van der Waals surface area contributed by atoms with Gasteiger partial charge in [-0.1, -0.05) is 19.3 Å². The Morgan fingerprint density at radius 1 is 1.00 bits per heavy atom. The smallest absolute Gasteiger partial charge is 0.433 e. The number of rotatable bonds is 6. The Labute approximate surface area is 158 Å². The maximum absolute atomic E-state index is 13.2. The summed E-state index contributed by atoms with van der Waals surface area (Å²) in [4.78, 5) is 7.72. The van der Waals surface area contributed by atoms with Crippen molar-refractivity contribution in [2.24, 2.45) is 0 Å². The van der Waals surface area contributed by atoms with Crippen LogP contribution in [0.5, 0.6) is 5.75 Å². The minimum atomic E-state index is -4.63. The maximum Gasteiger partial charge on any atom is 0.433 e. The van der Waals surface area contributed by atoms with E-state index in [1.54, 1.807) is 0 Å². The molecule has 3 rings (SSSR count). The van der Waals surface area contributed by atoms with Crippen LogP contribution in [0.25, 0.3) is 0 Å². The van der Waals surface area contributed by atoms with E-state index in [4.69, 9.17) is 0 Å². The highest BCUT2D eigenvalue weighted by Crippen LogP contribution is 2.31. The van der Waals surface area contributed by atoms with Crippen LogP contribution in [0.1, 0.15) is 37.8 Å². The molecule has 152 valence electrons. The zero-order valence-corrected chi connectivity index (χ0v) is 14.8. The van der Waals surface area contributed by atoms with Crippen LogP contribution in [0.15, 0.2) is 30.3 Å². The van der Waals surface area contributed by atoms with Gasteiger partial charge in [-0.15, -0.1) is 0 Å². The largest absolute Gasteiger partial charge is 0.435 e. The topological polar surface area (TPSA) is 59.1 Å². The standard InChI is InChI=1S/C18H19F5N4O/c19-16(20)28-13-8-6-12(7-9-13)24-15-10-14(18(21,22)23)26-17(27-15)25-11-4-2-1-3-5-11/h6-11,16H,1-5H2,(H2,24,25,26,27). The van der Waals surface area contributed by atoms with Crippen molar-refractivity contribution in [2.75, 3.05) is 10.6 Å². The highest BCUT2D eigenvalue weighted by Gasteiger charge is 2.34. The summed E-state index contributed by atoms with van der Waals surface area (Å²) in [6.07, 6.45) is 0.211. The summed E-state index contributed by atoms with van der Waals surface area (Å²) >= 11 is 0. The zero-order chi connectivity index (χ0) is 20.1. The summed E-state index contributed by atoms with van der Waals surface area (Å²) in [5.41, 5.74) is -0.696. The van der Waals surface area contributed by atoms with Gasteiger partial charge in [0, 0.05) is 17.8 Å². The van der Waals surface area contributed by atoms with Crippen LogP contribution in [0, 0.1) is 0 Å². The van der Waals surface area contributed by atoms with Gasteiger partial charge >= 0.3 is 12.8 Å². The summed E-state index contributed by atoms with van der Waals surface area (Å²) in [6, 6.07) is 6.21. The molecule has 0 unspecified atom stereocenters. The Bertz CT molecular complexity index is 777. The SMILES string of the molecule is FC(F)Oc1ccc(Nc2cc(C(F)(F)F)nc(NC3CCCCC3)n2)cc1. The van der Waals surface area contributed by atoms with Crippen LogP contribution < -0.4 is 15.4 Å². The second-order valence-corrected chi connectivity index (χ2v) is 6.47. The lowest BCUT2D eigenvalue weighted by atomic mass is 9.96. The van der Waals surface area contributed by atoms with Crippen molar-refractivity contribution in [1.29, 1.82) is 0 Å². The lowest BCUT2D eigenvalue weighted by molar-refractivity contribution is -0.141. The normalized spacial score (nSPS) is 15.5. The van der Waals surface area contributed by atoms with Crippen LogP contribution >= 0.6 is 0 Å². The average Bonchev–Trinajstić information content (AvgIpc) is 2.63. The molecular formula is C18H19F5N4O. The van der Waals surface area contributed by atoms with Crippen molar-refractivity contribution in [3.63, 3.8) is 0 Å². The average molecular weight is 402 g/mol. The Hall–Kier alpha value is -2.65. The van der Waals surface area contributed by atoms with Crippen LogP contribution in [0.3, 0.4) is 0 Å². The molecule has 1 aromatic carbocycles. The summed E-state index contributed by atoms with van der Waals surface area (Å²) in [5.74, 6) is -0.205. The van der Waals surface area contributed by atoms with Gasteiger partial charge in [0.15, 0.2) is 5.69 Å². The zero-order valence-electron chi connectivity index (χ0n) is 14.8. The number of hydrogen-bond donors (Lipinski definition) is 2. The van der Waals surface area contributed by atoms with E-state index >= 15 is 0 Å². The molecule has 1 fully saturated rings. The number of ether oxygens (including phenoxy) is 1. The van der Waals surface area contributed by atoms with Gasteiger partial charge < -0.3 is 15.4 Å². The quantitative estimate of drug-likeness (QED) is 0.618. The van der Waals surface area contributed by atoms with Crippen LogP contribution in [-0.2, 0) is 6.18 Å². The first-order valence-corrected chi connectivity index (χ1v) is 8.84. The summed E-state index contributed by atoms with van der Waals surface area (Å²) in [6.45, 7) is -2.96. The Morgan fingerprint density at radius 2 is 1.68 bits per heavy atom. The predicted octanol–water partition coefficient (Wildman–Crippen LogP) is 5.59. The second-order valence-electron chi connectivity index (χ2n) is 6.47. The van der Waals surface area contributed by atoms with E-state index in [0.717, 1.165) is 38.2 Å².